The number of hydrazine groups is 1. The van der Waals surface area contributed by atoms with Crippen LogP contribution in [0.3, 0.4) is 0 Å². The van der Waals surface area contributed by atoms with Crippen LogP contribution in [0.15, 0.2) is 18.2 Å². The second kappa shape index (κ2) is 7.53. The molecule has 0 aliphatic heterocycles. The van der Waals surface area contributed by atoms with Crippen molar-refractivity contribution < 1.29 is 13.5 Å². The minimum atomic E-state index is -0.454. The lowest BCUT2D eigenvalue weighted by molar-refractivity contribution is 0.00337. The summed E-state index contributed by atoms with van der Waals surface area (Å²) in [6.07, 6.45) is 0.126. The Hall–Kier alpha value is -1.04. The summed E-state index contributed by atoms with van der Waals surface area (Å²) in [7, 11) is 0. The number of hydrogen-bond donors (Lipinski definition) is 2. The van der Waals surface area contributed by atoms with Crippen molar-refractivity contribution in [2.45, 2.75) is 39.3 Å². The molecule has 0 radical (unpaired) electrons. The van der Waals surface area contributed by atoms with Crippen molar-refractivity contribution in [3.05, 3.63) is 35.4 Å². The van der Waals surface area contributed by atoms with Crippen LogP contribution >= 0.6 is 0 Å². The monoisotopic (exact) mass is 272 g/mol. The molecule has 0 amide bonds. The van der Waals surface area contributed by atoms with Gasteiger partial charge in [0, 0.05) is 6.61 Å². The van der Waals surface area contributed by atoms with Gasteiger partial charge in [-0.3, -0.25) is 11.3 Å². The molecule has 2 unspecified atom stereocenters. The lowest BCUT2D eigenvalue weighted by atomic mass is 9.94. The number of benzene rings is 1. The summed E-state index contributed by atoms with van der Waals surface area (Å²) in [6, 6.07) is 3.16. The van der Waals surface area contributed by atoms with E-state index in [0.717, 1.165) is 12.1 Å². The van der Waals surface area contributed by atoms with Crippen molar-refractivity contribution in [3.63, 3.8) is 0 Å². The van der Waals surface area contributed by atoms with E-state index in [2.05, 4.69) is 5.43 Å². The van der Waals surface area contributed by atoms with Gasteiger partial charge >= 0.3 is 0 Å². The van der Waals surface area contributed by atoms with Gasteiger partial charge in [0.05, 0.1) is 12.1 Å². The van der Waals surface area contributed by atoms with Crippen LogP contribution in [0, 0.1) is 17.6 Å². The fourth-order valence-electron chi connectivity index (χ4n) is 2.17. The van der Waals surface area contributed by atoms with Crippen molar-refractivity contribution in [1.29, 1.82) is 0 Å². The highest BCUT2D eigenvalue weighted by Gasteiger charge is 2.25. The fourth-order valence-corrected chi connectivity index (χ4v) is 2.17. The number of ether oxygens (including phenoxy) is 1. The van der Waals surface area contributed by atoms with Crippen molar-refractivity contribution in [3.8, 4) is 0 Å². The van der Waals surface area contributed by atoms with Gasteiger partial charge in [0.2, 0.25) is 0 Å². The summed E-state index contributed by atoms with van der Waals surface area (Å²) >= 11 is 0. The highest BCUT2D eigenvalue weighted by atomic mass is 19.1. The van der Waals surface area contributed by atoms with Crippen LogP contribution in [-0.4, -0.2) is 18.8 Å². The number of halogens is 2. The average Bonchev–Trinajstić information content (AvgIpc) is 2.37. The maximum Gasteiger partial charge on any atom is 0.126 e. The molecule has 0 aromatic heterocycles. The zero-order chi connectivity index (χ0) is 14.4. The Morgan fingerprint density at radius 1 is 1.32 bits per heavy atom. The number of hydrogen-bond acceptors (Lipinski definition) is 3. The smallest absolute Gasteiger partial charge is 0.126 e. The number of nitrogens with one attached hydrogen (secondary N) is 1. The maximum atomic E-state index is 13.6. The van der Waals surface area contributed by atoms with E-state index >= 15 is 0 Å². The molecule has 19 heavy (non-hydrogen) atoms. The Morgan fingerprint density at radius 2 is 2.00 bits per heavy atom. The molecule has 3 N–H and O–H groups in total. The Kier molecular flexibility index (Phi) is 6.34. The molecule has 1 rings (SSSR count). The van der Waals surface area contributed by atoms with Crippen LogP contribution in [0.5, 0.6) is 0 Å². The van der Waals surface area contributed by atoms with Gasteiger partial charge in [-0.15, -0.1) is 0 Å². The summed E-state index contributed by atoms with van der Waals surface area (Å²) in [5.74, 6) is 4.87. The molecule has 3 nitrogen and oxygen atoms in total. The third kappa shape index (κ3) is 4.53. The van der Waals surface area contributed by atoms with Crippen molar-refractivity contribution in [1.82, 2.24) is 5.43 Å². The summed E-state index contributed by atoms with van der Waals surface area (Å²) in [4.78, 5) is 0. The molecule has 5 heteroatoms. The topological polar surface area (TPSA) is 47.3 Å². The van der Waals surface area contributed by atoms with Crippen LogP contribution in [-0.2, 0) is 11.2 Å². The molecule has 0 fully saturated rings. The molecule has 0 heterocycles. The molecular formula is C14H22F2N2O. The molecule has 1 aromatic rings. The quantitative estimate of drug-likeness (QED) is 0.592. The molecule has 0 aliphatic rings. The van der Waals surface area contributed by atoms with E-state index < -0.39 is 11.6 Å². The first-order valence-electron chi connectivity index (χ1n) is 6.51. The van der Waals surface area contributed by atoms with Gasteiger partial charge in [-0.1, -0.05) is 13.8 Å². The van der Waals surface area contributed by atoms with Gasteiger partial charge in [-0.2, -0.15) is 0 Å². The molecule has 0 spiro atoms. The summed E-state index contributed by atoms with van der Waals surface area (Å²) in [5, 5.41) is 0. The van der Waals surface area contributed by atoms with Crippen molar-refractivity contribution in [2.24, 2.45) is 11.8 Å². The molecule has 0 saturated heterocycles. The number of rotatable bonds is 7. The minimum absolute atomic E-state index is 0.155. The second-order valence-corrected chi connectivity index (χ2v) is 4.88. The molecule has 0 saturated carbocycles. The highest BCUT2D eigenvalue weighted by molar-refractivity contribution is 5.20. The molecule has 2 atom stereocenters. The molecule has 108 valence electrons. The van der Waals surface area contributed by atoms with E-state index in [1.165, 1.54) is 6.07 Å². The fraction of sp³-hybridized carbons (Fsp3) is 0.571. The van der Waals surface area contributed by atoms with E-state index in [0.29, 0.717) is 12.2 Å². The van der Waals surface area contributed by atoms with Gasteiger partial charge in [0.25, 0.3) is 0 Å². The molecule has 1 aromatic carbocycles. The first-order valence-corrected chi connectivity index (χ1v) is 6.51. The predicted molar refractivity (Wildman–Crippen MR) is 71.4 cm³/mol. The Morgan fingerprint density at radius 3 is 2.53 bits per heavy atom. The second-order valence-electron chi connectivity index (χ2n) is 4.88. The lowest BCUT2D eigenvalue weighted by Gasteiger charge is -2.29. The predicted octanol–water partition coefficient (Wildman–Crippen LogP) is 2.40. The van der Waals surface area contributed by atoms with Gasteiger partial charge in [-0.25, -0.2) is 8.78 Å². The van der Waals surface area contributed by atoms with E-state index in [1.54, 1.807) is 0 Å². The Labute approximate surface area is 113 Å². The zero-order valence-corrected chi connectivity index (χ0v) is 11.6. The highest BCUT2D eigenvalue weighted by Crippen LogP contribution is 2.18. The SMILES string of the molecule is CCOC(C(C)C)C(Cc1cc(F)ccc1F)NN. The van der Waals surface area contributed by atoms with Gasteiger partial charge < -0.3 is 4.74 Å². The normalized spacial score (nSPS) is 14.7. The molecule has 0 bridgehead atoms. The van der Waals surface area contributed by atoms with Gasteiger partial charge in [0.1, 0.15) is 11.6 Å². The van der Waals surface area contributed by atoms with E-state index in [9.17, 15) is 8.78 Å². The largest absolute Gasteiger partial charge is 0.377 e. The first-order chi connectivity index (χ1) is 8.99. The van der Waals surface area contributed by atoms with Crippen LogP contribution in [0.2, 0.25) is 0 Å². The Balaban J connectivity index is 2.88. The van der Waals surface area contributed by atoms with Crippen LogP contribution < -0.4 is 11.3 Å². The van der Waals surface area contributed by atoms with Gasteiger partial charge in [-0.05, 0) is 43.0 Å². The van der Waals surface area contributed by atoms with Crippen molar-refractivity contribution >= 4 is 0 Å². The molecule has 0 aliphatic carbocycles. The maximum absolute atomic E-state index is 13.6. The van der Waals surface area contributed by atoms with Crippen LogP contribution in [0.4, 0.5) is 8.78 Å². The molecular weight excluding hydrogens is 250 g/mol. The summed E-state index contributed by atoms with van der Waals surface area (Å²) in [5.41, 5.74) is 2.95. The third-order valence-corrected chi connectivity index (χ3v) is 3.07. The average molecular weight is 272 g/mol. The Bertz CT molecular complexity index is 399. The number of nitrogens with two attached hydrogens (primary N) is 1. The third-order valence-electron chi connectivity index (χ3n) is 3.07. The zero-order valence-electron chi connectivity index (χ0n) is 11.6. The standard InChI is InChI=1S/C14H22F2N2O/c1-4-19-14(9(2)3)13(18-17)8-10-7-11(15)5-6-12(10)16/h5-7,9,13-14,18H,4,8,17H2,1-3H3. The minimum Gasteiger partial charge on any atom is -0.377 e. The summed E-state index contributed by atoms with van der Waals surface area (Å²) in [6.45, 7) is 6.46. The van der Waals surface area contributed by atoms with E-state index in [1.807, 2.05) is 20.8 Å². The van der Waals surface area contributed by atoms with E-state index in [-0.39, 0.29) is 24.5 Å². The first kappa shape index (κ1) is 16.0. The summed E-state index contributed by atoms with van der Waals surface area (Å²) < 4.78 is 32.4. The van der Waals surface area contributed by atoms with E-state index in [4.69, 9.17) is 10.6 Å². The van der Waals surface area contributed by atoms with Crippen LogP contribution in [0.1, 0.15) is 26.3 Å². The van der Waals surface area contributed by atoms with Crippen molar-refractivity contribution in [2.75, 3.05) is 6.61 Å². The lowest BCUT2D eigenvalue weighted by Crippen LogP contribution is -2.49. The van der Waals surface area contributed by atoms with Gasteiger partial charge in [0.15, 0.2) is 0 Å². The van der Waals surface area contributed by atoms with Crippen LogP contribution in [0.25, 0.3) is 0 Å².